The Morgan fingerprint density at radius 3 is 2.65 bits per heavy atom. The second-order valence-electron chi connectivity index (χ2n) is 6.02. The van der Waals surface area contributed by atoms with Crippen LogP contribution in [0.5, 0.6) is 5.75 Å². The van der Waals surface area contributed by atoms with Gasteiger partial charge in [0.15, 0.2) is 0 Å². The Hall–Kier alpha value is -2.73. The van der Waals surface area contributed by atoms with Crippen molar-refractivity contribution in [2.75, 3.05) is 7.11 Å². The molecule has 2 aromatic carbocycles. The molecule has 0 saturated heterocycles. The van der Waals surface area contributed by atoms with Gasteiger partial charge in [-0.15, -0.1) is 5.10 Å². The fourth-order valence-electron chi connectivity index (χ4n) is 2.65. The molecular weight excluding hydrogens is 346 g/mol. The van der Waals surface area contributed by atoms with Crippen molar-refractivity contribution in [1.29, 1.82) is 0 Å². The minimum Gasteiger partial charge on any atom is -0.489 e. The fraction of sp³-hybridized carbons (Fsp3) is 0.250. The summed E-state index contributed by atoms with van der Waals surface area (Å²) in [6.45, 7) is 6.46. The van der Waals surface area contributed by atoms with Gasteiger partial charge in [-0.2, -0.15) is 0 Å². The highest BCUT2D eigenvalue weighted by molar-refractivity contribution is 7.08. The second-order valence-corrected chi connectivity index (χ2v) is 6.78. The monoisotopic (exact) mass is 367 g/mol. The lowest BCUT2D eigenvalue weighted by atomic mass is 10.0. The van der Waals surface area contributed by atoms with Crippen molar-refractivity contribution in [3.05, 3.63) is 75.3 Å². The Bertz CT molecular complexity index is 934. The van der Waals surface area contributed by atoms with Gasteiger partial charge in [0.2, 0.25) is 0 Å². The van der Waals surface area contributed by atoms with Crippen LogP contribution in [0.3, 0.4) is 0 Å². The van der Waals surface area contributed by atoms with E-state index in [2.05, 4.69) is 39.9 Å². The van der Waals surface area contributed by atoms with Crippen LogP contribution in [-0.4, -0.2) is 22.4 Å². The number of aromatic nitrogens is 2. The molecule has 0 spiro atoms. The first kappa shape index (κ1) is 18.1. The highest BCUT2D eigenvalue weighted by atomic mass is 32.1. The van der Waals surface area contributed by atoms with E-state index in [9.17, 15) is 0 Å². The fourth-order valence-corrected chi connectivity index (χ4v) is 3.30. The second kappa shape index (κ2) is 8.10. The van der Waals surface area contributed by atoms with Crippen molar-refractivity contribution in [1.82, 2.24) is 9.59 Å². The third kappa shape index (κ3) is 3.91. The predicted octanol–water partition coefficient (Wildman–Crippen LogP) is 4.44. The zero-order chi connectivity index (χ0) is 18.5. The molecule has 134 valence electrons. The van der Waals surface area contributed by atoms with Crippen molar-refractivity contribution in [2.45, 2.75) is 27.4 Å². The first-order valence-corrected chi connectivity index (χ1v) is 9.06. The molecule has 0 radical (unpaired) electrons. The maximum Gasteiger partial charge on any atom is 0.131 e. The van der Waals surface area contributed by atoms with Crippen molar-refractivity contribution in [2.24, 2.45) is 5.16 Å². The number of hydrogen-bond donors (Lipinski definition) is 0. The van der Waals surface area contributed by atoms with Crippen molar-refractivity contribution in [3.63, 3.8) is 0 Å². The van der Waals surface area contributed by atoms with Crippen LogP contribution in [0.15, 0.2) is 47.6 Å². The van der Waals surface area contributed by atoms with Crippen molar-refractivity contribution in [3.8, 4) is 5.75 Å². The summed E-state index contributed by atoms with van der Waals surface area (Å²) in [5, 5.41) is 8.33. The molecule has 1 aromatic heterocycles. The van der Waals surface area contributed by atoms with Crippen molar-refractivity contribution < 1.29 is 9.57 Å². The van der Waals surface area contributed by atoms with E-state index in [-0.39, 0.29) is 0 Å². The van der Waals surface area contributed by atoms with E-state index in [1.54, 1.807) is 7.11 Å². The molecule has 3 aromatic rings. The van der Waals surface area contributed by atoms with Gasteiger partial charge in [0.05, 0.1) is 5.69 Å². The quantitative estimate of drug-likeness (QED) is 0.477. The first-order valence-electron chi connectivity index (χ1n) is 8.29. The van der Waals surface area contributed by atoms with E-state index >= 15 is 0 Å². The summed E-state index contributed by atoms with van der Waals surface area (Å²) in [7, 11) is 1.54. The zero-order valence-corrected chi connectivity index (χ0v) is 16.1. The highest BCUT2D eigenvalue weighted by Crippen LogP contribution is 2.24. The number of aryl methyl sites for hydroxylation is 3. The minimum atomic E-state index is 0.439. The van der Waals surface area contributed by atoms with E-state index < -0.39 is 0 Å². The Labute approximate surface area is 157 Å². The molecule has 0 atom stereocenters. The number of nitrogens with zero attached hydrogens (tertiary/aromatic N) is 3. The SMILES string of the molecule is CO/N=C(/c1ccccc1COc1cc(C)ccc1C)c1snnc1C. The number of oxime groups is 1. The van der Waals surface area contributed by atoms with Gasteiger partial charge in [-0.25, -0.2) is 0 Å². The average molecular weight is 367 g/mol. The lowest BCUT2D eigenvalue weighted by molar-refractivity contribution is 0.214. The number of benzene rings is 2. The van der Waals surface area contributed by atoms with Crippen LogP contribution in [0.2, 0.25) is 0 Å². The summed E-state index contributed by atoms with van der Waals surface area (Å²) in [4.78, 5) is 5.98. The molecule has 6 heteroatoms. The number of hydrogen-bond acceptors (Lipinski definition) is 6. The Morgan fingerprint density at radius 1 is 1.12 bits per heavy atom. The summed E-state index contributed by atoms with van der Waals surface area (Å²) in [6.07, 6.45) is 0. The number of ether oxygens (including phenoxy) is 1. The first-order chi connectivity index (χ1) is 12.6. The van der Waals surface area contributed by atoms with Gasteiger partial charge in [-0.3, -0.25) is 0 Å². The van der Waals surface area contributed by atoms with E-state index in [1.165, 1.54) is 17.1 Å². The lowest BCUT2D eigenvalue weighted by Crippen LogP contribution is -2.09. The molecule has 0 bridgehead atoms. The summed E-state index contributed by atoms with van der Waals surface area (Å²) in [5.41, 5.74) is 5.82. The molecule has 0 saturated carbocycles. The Kier molecular flexibility index (Phi) is 5.63. The standard InChI is InChI=1S/C20H21N3O2S/c1-13-9-10-14(2)18(11-13)25-12-16-7-5-6-8-17(16)19(22-24-4)20-15(3)21-23-26-20/h5-11H,12H2,1-4H3/b22-19-. The lowest BCUT2D eigenvalue weighted by Gasteiger charge is -2.14. The van der Waals surface area contributed by atoms with Crippen LogP contribution < -0.4 is 4.74 Å². The van der Waals surface area contributed by atoms with Gasteiger partial charge >= 0.3 is 0 Å². The molecule has 0 unspecified atom stereocenters. The molecule has 0 fully saturated rings. The molecule has 0 amide bonds. The molecule has 0 aliphatic heterocycles. The molecule has 0 aliphatic rings. The molecule has 5 nitrogen and oxygen atoms in total. The van der Waals surface area contributed by atoms with Crippen LogP contribution in [0.4, 0.5) is 0 Å². The normalized spacial score (nSPS) is 11.5. The van der Waals surface area contributed by atoms with Gasteiger partial charge in [-0.1, -0.05) is 46.0 Å². The van der Waals surface area contributed by atoms with Crippen LogP contribution in [0.25, 0.3) is 0 Å². The summed E-state index contributed by atoms with van der Waals surface area (Å²) >= 11 is 1.31. The third-order valence-corrected chi connectivity index (χ3v) is 4.88. The molecule has 0 N–H and O–H groups in total. The van der Waals surface area contributed by atoms with Crippen molar-refractivity contribution >= 4 is 17.2 Å². The largest absolute Gasteiger partial charge is 0.489 e. The topological polar surface area (TPSA) is 56.6 Å². The van der Waals surface area contributed by atoms with E-state index in [1.807, 2.05) is 38.1 Å². The van der Waals surface area contributed by atoms with E-state index in [0.29, 0.717) is 6.61 Å². The van der Waals surface area contributed by atoms with Gasteiger partial charge < -0.3 is 9.57 Å². The van der Waals surface area contributed by atoms with Crippen LogP contribution in [-0.2, 0) is 11.4 Å². The smallest absolute Gasteiger partial charge is 0.131 e. The van der Waals surface area contributed by atoms with Gasteiger partial charge in [-0.05, 0) is 55.1 Å². The molecule has 1 heterocycles. The zero-order valence-electron chi connectivity index (χ0n) is 15.3. The van der Waals surface area contributed by atoms with Crippen LogP contribution in [0, 0.1) is 20.8 Å². The van der Waals surface area contributed by atoms with E-state index in [4.69, 9.17) is 9.57 Å². The molecule has 3 rings (SSSR count). The third-order valence-electron chi connectivity index (χ3n) is 4.05. The van der Waals surface area contributed by atoms with Gasteiger partial charge in [0.25, 0.3) is 0 Å². The maximum absolute atomic E-state index is 6.10. The maximum atomic E-state index is 6.10. The minimum absolute atomic E-state index is 0.439. The van der Waals surface area contributed by atoms with Gasteiger partial charge in [0, 0.05) is 5.56 Å². The van der Waals surface area contributed by atoms with Gasteiger partial charge in [0.1, 0.15) is 30.1 Å². The summed E-state index contributed by atoms with van der Waals surface area (Å²) < 4.78 is 10.1. The predicted molar refractivity (Wildman–Crippen MR) is 104 cm³/mol. The summed E-state index contributed by atoms with van der Waals surface area (Å²) in [5.74, 6) is 0.890. The Balaban J connectivity index is 1.94. The number of rotatable bonds is 6. The Morgan fingerprint density at radius 2 is 1.92 bits per heavy atom. The van der Waals surface area contributed by atoms with Crippen LogP contribution >= 0.6 is 11.5 Å². The average Bonchev–Trinajstić information content (AvgIpc) is 3.06. The molecule has 0 aliphatic carbocycles. The molecular formula is C20H21N3O2S. The van der Waals surface area contributed by atoms with E-state index in [0.717, 1.165) is 38.7 Å². The summed E-state index contributed by atoms with van der Waals surface area (Å²) in [6, 6.07) is 14.2. The molecule has 26 heavy (non-hydrogen) atoms. The van der Waals surface area contributed by atoms with Crippen LogP contribution in [0.1, 0.15) is 32.8 Å². The highest BCUT2D eigenvalue weighted by Gasteiger charge is 2.18.